The van der Waals surface area contributed by atoms with Crippen molar-refractivity contribution < 1.29 is 0 Å². The van der Waals surface area contributed by atoms with Crippen LogP contribution in [-0.2, 0) is 6.42 Å². The van der Waals surface area contributed by atoms with Crippen molar-refractivity contribution in [3.63, 3.8) is 0 Å². The first-order valence-electron chi connectivity index (χ1n) is 6.93. The van der Waals surface area contributed by atoms with Crippen LogP contribution >= 0.6 is 11.6 Å². The fraction of sp³-hybridized carbons (Fsp3) is 0.600. The number of halogens is 1. The molecule has 0 heterocycles. The van der Waals surface area contributed by atoms with Crippen LogP contribution in [0.4, 0.5) is 0 Å². The molecule has 1 saturated carbocycles. The van der Waals surface area contributed by atoms with Gasteiger partial charge in [-0.1, -0.05) is 43.5 Å². The molecule has 1 fully saturated rings. The third-order valence-electron chi connectivity index (χ3n) is 4.31. The van der Waals surface area contributed by atoms with Gasteiger partial charge in [0.2, 0.25) is 0 Å². The Balaban J connectivity index is 1.95. The largest absolute Gasteiger partial charge is 0.271 e. The van der Waals surface area contributed by atoms with Crippen LogP contribution in [0.15, 0.2) is 24.3 Å². The summed E-state index contributed by atoms with van der Waals surface area (Å²) in [5, 5.41) is 0.794. The molecule has 0 spiro atoms. The van der Waals surface area contributed by atoms with Gasteiger partial charge >= 0.3 is 0 Å². The van der Waals surface area contributed by atoms with Crippen LogP contribution in [0.1, 0.15) is 38.2 Å². The Hall–Kier alpha value is -0.570. The van der Waals surface area contributed by atoms with E-state index in [-0.39, 0.29) is 0 Å². The van der Waals surface area contributed by atoms with Crippen molar-refractivity contribution in [2.45, 2.75) is 45.1 Å². The molecule has 1 aliphatic carbocycles. The van der Waals surface area contributed by atoms with E-state index in [9.17, 15) is 0 Å². The van der Waals surface area contributed by atoms with Gasteiger partial charge in [-0.2, -0.15) is 0 Å². The molecule has 0 aromatic heterocycles. The van der Waals surface area contributed by atoms with Crippen LogP contribution in [0.25, 0.3) is 0 Å². The molecular weight excluding hydrogens is 244 g/mol. The number of rotatable bonds is 5. The third-order valence-corrected chi connectivity index (χ3v) is 4.56. The summed E-state index contributed by atoms with van der Waals surface area (Å²) in [7, 11) is 0. The summed E-state index contributed by atoms with van der Waals surface area (Å²) in [4.78, 5) is 0. The van der Waals surface area contributed by atoms with Crippen molar-refractivity contribution in [2.24, 2.45) is 17.7 Å². The van der Waals surface area contributed by atoms with E-state index in [2.05, 4.69) is 24.5 Å². The molecule has 0 bridgehead atoms. The van der Waals surface area contributed by atoms with E-state index in [1.807, 2.05) is 12.1 Å². The van der Waals surface area contributed by atoms with Crippen LogP contribution in [-0.4, -0.2) is 6.04 Å². The molecule has 3 heteroatoms. The summed E-state index contributed by atoms with van der Waals surface area (Å²) >= 11 is 5.91. The van der Waals surface area contributed by atoms with Gasteiger partial charge in [-0.3, -0.25) is 11.3 Å². The lowest BCUT2D eigenvalue weighted by Crippen LogP contribution is -2.41. The minimum atomic E-state index is 0.391. The maximum atomic E-state index is 5.91. The van der Waals surface area contributed by atoms with Crippen LogP contribution in [0, 0.1) is 11.8 Å². The van der Waals surface area contributed by atoms with E-state index >= 15 is 0 Å². The number of benzene rings is 1. The van der Waals surface area contributed by atoms with Crippen molar-refractivity contribution in [3.8, 4) is 0 Å². The summed E-state index contributed by atoms with van der Waals surface area (Å²) in [5.41, 5.74) is 4.33. The molecule has 3 N–H and O–H groups in total. The zero-order chi connectivity index (χ0) is 13.0. The smallest absolute Gasteiger partial charge is 0.0406 e. The van der Waals surface area contributed by atoms with Gasteiger partial charge in [0.05, 0.1) is 0 Å². The second-order valence-electron chi connectivity index (χ2n) is 5.45. The van der Waals surface area contributed by atoms with Crippen molar-refractivity contribution >= 4 is 11.6 Å². The van der Waals surface area contributed by atoms with Gasteiger partial charge in [0.25, 0.3) is 0 Å². The van der Waals surface area contributed by atoms with Crippen LogP contribution in [0.5, 0.6) is 0 Å². The second-order valence-corrected chi connectivity index (χ2v) is 5.89. The molecule has 1 aliphatic rings. The van der Waals surface area contributed by atoms with Crippen LogP contribution < -0.4 is 11.3 Å². The van der Waals surface area contributed by atoms with Gasteiger partial charge in [-0.15, -0.1) is 0 Å². The molecular formula is C15H23ClN2. The second kappa shape index (κ2) is 6.55. The molecule has 0 saturated heterocycles. The molecule has 18 heavy (non-hydrogen) atoms. The zero-order valence-corrected chi connectivity index (χ0v) is 11.8. The minimum Gasteiger partial charge on any atom is -0.271 e. The van der Waals surface area contributed by atoms with Gasteiger partial charge in [0, 0.05) is 11.1 Å². The first-order valence-corrected chi connectivity index (χ1v) is 7.31. The highest BCUT2D eigenvalue weighted by Gasteiger charge is 2.29. The van der Waals surface area contributed by atoms with E-state index in [4.69, 9.17) is 17.4 Å². The Kier molecular flexibility index (Phi) is 5.04. The highest BCUT2D eigenvalue weighted by Crippen LogP contribution is 2.35. The van der Waals surface area contributed by atoms with E-state index in [0.717, 1.165) is 23.3 Å². The lowest BCUT2D eigenvalue weighted by Gasteiger charge is -2.23. The Morgan fingerprint density at radius 2 is 2.06 bits per heavy atom. The first-order chi connectivity index (χ1) is 8.72. The lowest BCUT2D eigenvalue weighted by atomic mass is 9.91. The molecule has 0 amide bonds. The maximum Gasteiger partial charge on any atom is 0.0406 e. The summed E-state index contributed by atoms with van der Waals surface area (Å²) in [5.74, 6) is 7.36. The normalized spacial score (nSPS) is 25.3. The molecule has 2 rings (SSSR count). The number of nitrogens with one attached hydrogen (secondary N) is 1. The third kappa shape index (κ3) is 3.47. The SMILES string of the molecule is CCC1CCC(C(Cc2ccc(Cl)cc2)NN)C1. The molecule has 3 unspecified atom stereocenters. The molecule has 0 aliphatic heterocycles. The van der Waals surface area contributed by atoms with Gasteiger partial charge in [-0.25, -0.2) is 0 Å². The zero-order valence-electron chi connectivity index (χ0n) is 11.0. The Labute approximate surface area is 115 Å². The average molecular weight is 267 g/mol. The minimum absolute atomic E-state index is 0.391. The predicted octanol–water partition coefficient (Wildman–Crippen LogP) is 3.54. The summed E-state index contributed by atoms with van der Waals surface area (Å²) in [6, 6.07) is 8.49. The number of hydrogen-bond acceptors (Lipinski definition) is 2. The van der Waals surface area contributed by atoms with E-state index in [0.29, 0.717) is 6.04 Å². The lowest BCUT2D eigenvalue weighted by molar-refractivity contribution is 0.348. The first kappa shape index (κ1) is 13.9. The molecule has 1 aromatic rings. The Morgan fingerprint density at radius 1 is 1.33 bits per heavy atom. The topological polar surface area (TPSA) is 38.0 Å². The number of hydrazine groups is 1. The molecule has 0 radical (unpaired) electrons. The summed E-state index contributed by atoms with van der Waals surface area (Å²) in [6.07, 6.45) is 6.28. The molecule has 3 atom stereocenters. The number of hydrogen-bond donors (Lipinski definition) is 2. The quantitative estimate of drug-likeness (QED) is 0.632. The van der Waals surface area contributed by atoms with Crippen LogP contribution in [0.2, 0.25) is 5.02 Å². The number of nitrogens with two attached hydrogens (primary N) is 1. The highest BCUT2D eigenvalue weighted by atomic mass is 35.5. The van der Waals surface area contributed by atoms with Crippen molar-refractivity contribution in [1.29, 1.82) is 0 Å². The predicted molar refractivity (Wildman–Crippen MR) is 77.4 cm³/mol. The monoisotopic (exact) mass is 266 g/mol. The molecule has 1 aromatic carbocycles. The van der Waals surface area contributed by atoms with Crippen molar-refractivity contribution in [1.82, 2.24) is 5.43 Å². The Morgan fingerprint density at radius 3 is 2.61 bits per heavy atom. The van der Waals surface area contributed by atoms with Gasteiger partial charge in [0.1, 0.15) is 0 Å². The highest BCUT2D eigenvalue weighted by molar-refractivity contribution is 6.30. The van der Waals surface area contributed by atoms with E-state index in [1.165, 1.54) is 31.2 Å². The van der Waals surface area contributed by atoms with Gasteiger partial charge < -0.3 is 0 Å². The van der Waals surface area contributed by atoms with Crippen molar-refractivity contribution in [2.75, 3.05) is 0 Å². The average Bonchev–Trinajstić information content (AvgIpc) is 2.87. The van der Waals surface area contributed by atoms with Crippen molar-refractivity contribution in [3.05, 3.63) is 34.9 Å². The van der Waals surface area contributed by atoms with Gasteiger partial charge in [0.15, 0.2) is 0 Å². The summed E-state index contributed by atoms with van der Waals surface area (Å²) in [6.45, 7) is 2.29. The van der Waals surface area contributed by atoms with E-state index < -0.39 is 0 Å². The summed E-state index contributed by atoms with van der Waals surface area (Å²) < 4.78 is 0. The fourth-order valence-corrected chi connectivity index (χ4v) is 3.21. The standard InChI is InChI=1S/C15H23ClN2/c1-2-11-3-6-13(9-11)15(18-17)10-12-4-7-14(16)8-5-12/h4-5,7-8,11,13,15,18H,2-3,6,9-10,17H2,1H3. The molecule has 100 valence electrons. The van der Waals surface area contributed by atoms with Gasteiger partial charge in [-0.05, 0) is 48.8 Å². The Bertz CT molecular complexity index is 363. The fourth-order valence-electron chi connectivity index (χ4n) is 3.09. The molecule has 2 nitrogen and oxygen atoms in total. The van der Waals surface area contributed by atoms with E-state index in [1.54, 1.807) is 0 Å². The van der Waals surface area contributed by atoms with Crippen LogP contribution in [0.3, 0.4) is 0 Å². The maximum absolute atomic E-state index is 5.91.